The molecule has 1 aliphatic heterocycles. The normalized spacial score (nSPS) is 20.8. The minimum Gasteiger partial charge on any atom is -0.385 e. The molecule has 2 aromatic rings. The summed E-state index contributed by atoms with van der Waals surface area (Å²) < 4.78 is 13.5. The summed E-state index contributed by atoms with van der Waals surface area (Å²) in [7, 11) is 0. The topological polar surface area (TPSA) is 52.6 Å². The maximum absolute atomic E-state index is 13.5. The molecule has 1 aliphatic carbocycles. The molecule has 4 rings (SSSR count). The summed E-state index contributed by atoms with van der Waals surface area (Å²) >= 11 is 5.98. The van der Waals surface area contributed by atoms with Gasteiger partial charge in [0.05, 0.1) is 5.60 Å². The number of aliphatic hydroxyl groups is 1. The zero-order valence-corrected chi connectivity index (χ0v) is 17.7. The van der Waals surface area contributed by atoms with Gasteiger partial charge in [0.15, 0.2) is 0 Å². The van der Waals surface area contributed by atoms with Gasteiger partial charge in [-0.05, 0) is 61.1 Å². The van der Waals surface area contributed by atoms with Crippen molar-refractivity contribution in [3.63, 3.8) is 0 Å². The first-order valence-corrected chi connectivity index (χ1v) is 11.1. The van der Waals surface area contributed by atoms with E-state index in [2.05, 4.69) is 10.2 Å². The molecule has 2 N–H and O–H groups in total. The van der Waals surface area contributed by atoms with Gasteiger partial charge in [-0.2, -0.15) is 0 Å². The molecule has 6 heteroatoms. The number of hydrogen-bond donors (Lipinski definition) is 2. The van der Waals surface area contributed by atoms with E-state index in [0.29, 0.717) is 31.0 Å². The predicted octanol–water partition coefficient (Wildman–Crippen LogP) is 4.56. The first-order chi connectivity index (χ1) is 14.4. The van der Waals surface area contributed by atoms with Crippen LogP contribution in [0.3, 0.4) is 0 Å². The second kappa shape index (κ2) is 9.04. The summed E-state index contributed by atoms with van der Waals surface area (Å²) in [5, 5.41) is 15.0. The van der Waals surface area contributed by atoms with E-state index in [9.17, 15) is 14.3 Å². The van der Waals surface area contributed by atoms with Crippen molar-refractivity contribution >= 4 is 17.5 Å². The average molecular weight is 431 g/mol. The Bertz CT molecular complexity index is 858. The Labute approximate surface area is 182 Å². The quantitative estimate of drug-likeness (QED) is 0.731. The number of benzene rings is 2. The zero-order chi connectivity index (χ0) is 21.1. The molecule has 0 spiro atoms. The van der Waals surface area contributed by atoms with Gasteiger partial charge in [-0.25, -0.2) is 4.39 Å². The van der Waals surface area contributed by atoms with Crippen molar-refractivity contribution in [2.45, 2.75) is 56.2 Å². The van der Waals surface area contributed by atoms with Gasteiger partial charge in [0.1, 0.15) is 11.9 Å². The lowest BCUT2D eigenvalue weighted by molar-refractivity contribution is -0.129. The van der Waals surface area contributed by atoms with Crippen molar-refractivity contribution in [1.82, 2.24) is 10.2 Å². The van der Waals surface area contributed by atoms with E-state index in [1.54, 1.807) is 24.3 Å². The smallest absolute Gasteiger partial charge is 0.242 e. The second-order valence-corrected chi connectivity index (χ2v) is 8.95. The molecule has 1 heterocycles. The van der Waals surface area contributed by atoms with Gasteiger partial charge < -0.3 is 10.4 Å². The number of piperidine rings is 1. The fraction of sp³-hybridized carbons (Fsp3) is 0.458. The van der Waals surface area contributed by atoms with Gasteiger partial charge in [0.25, 0.3) is 0 Å². The molecular formula is C24H28ClFN2O2. The molecule has 1 saturated carbocycles. The molecule has 30 heavy (non-hydrogen) atoms. The van der Waals surface area contributed by atoms with Gasteiger partial charge in [-0.3, -0.25) is 9.69 Å². The van der Waals surface area contributed by atoms with Crippen molar-refractivity contribution in [3.05, 3.63) is 70.5 Å². The van der Waals surface area contributed by atoms with Crippen LogP contribution in [-0.4, -0.2) is 35.0 Å². The highest BCUT2D eigenvalue weighted by Crippen LogP contribution is 2.36. The van der Waals surface area contributed by atoms with E-state index in [1.807, 2.05) is 12.1 Å². The van der Waals surface area contributed by atoms with Crippen molar-refractivity contribution < 1.29 is 14.3 Å². The number of hydrogen-bond acceptors (Lipinski definition) is 3. The number of nitrogens with one attached hydrogen (secondary N) is 1. The molecular weight excluding hydrogens is 403 g/mol. The minimum absolute atomic E-state index is 0.0366. The highest BCUT2D eigenvalue weighted by Gasteiger charge is 2.38. The van der Waals surface area contributed by atoms with E-state index in [0.717, 1.165) is 36.8 Å². The zero-order valence-electron chi connectivity index (χ0n) is 17.0. The van der Waals surface area contributed by atoms with Crippen LogP contribution < -0.4 is 5.32 Å². The Morgan fingerprint density at radius 2 is 1.67 bits per heavy atom. The summed E-state index contributed by atoms with van der Waals surface area (Å²) in [6.45, 7) is 1.14. The fourth-order valence-electron chi connectivity index (χ4n) is 4.72. The molecule has 2 fully saturated rings. The lowest BCUT2D eigenvalue weighted by atomic mass is 9.83. The van der Waals surface area contributed by atoms with Crippen molar-refractivity contribution in [1.29, 1.82) is 0 Å². The molecule has 160 valence electrons. The number of likely N-dealkylation sites (tertiary alicyclic amines) is 1. The van der Waals surface area contributed by atoms with Gasteiger partial charge >= 0.3 is 0 Å². The first kappa shape index (κ1) is 21.3. The molecule has 1 saturated heterocycles. The highest BCUT2D eigenvalue weighted by atomic mass is 35.5. The van der Waals surface area contributed by atoms with Crippen LogP contribution in [0, 0.1) is 5.82 Å². The highest BCUT2D eigenvalue weighted by molar-refractivity contribution is 6.30. The van der Waals surface area contributed by atoms with Crippen LogP contribution in [0.15, 0.2) is 48.5 Å². The van der Waals surface area contributed by atoms with Crippen LogP contribution in [0.25, 0.3) is 0 Å². The van der Waals surface area contributed by atoms with Crippen LogP contribution in [-0.2, 0) is 10.4 Å². The summed E-state index contributed by atoms with van der Waals surface area (Å²) in [5.41, 5.74) is 0.695. The van der Waals surface area contributed by atoms with Crippen molar-refractivity contribution in [3.8, 4) is 0 Å². The number of carbonyl (C=O) groups is 1. The van der Waals surface area contributed by atoms with Gasteiger partial charge in [-0.1, -0.05) is 48.7 Å². The van der Waals surface area contributed by atoms with Gasteiger partial charge in [0, 0.05) is 24.2 Å². The maximum atomic E-state index is 13.5. The van der Waals surface area contributed by atoms with Crippen LogP contribution in [0.1, 0.15) is 55.7 Å². The number of halogens is 2. The molecule has 0 radical (unpaired) electrons. The lowest BCUT2D eigenvalue weighted by Crippen LogP contribution is -2.49. The van der Waals surface area contributed by atoms with Gasteiger partial charge in [0.2, 0.25) is 5.91 Å². The lowest BCUT2D eigenvalue weighted by Gasteiger charge is -2.41. The number of amides is 1. The molecule has 2 aromatic carbocycles. The summed E-state index contributed by atoms with van der Waals surface area (Å²) in [4.78, 5) is 15.3. The van der Waals surface area contributed by atoms with E-state index >= 15 is 0 Å². The summed E-state index contributed by atoms with van der Waals surface area (Å²) in [6, 6.07) is 13.2. The molecule has 2 aliphatic rings. The standard InChI is InChI=1S/C24H28ClFN2O2/c25-19-9-7-18(8-10-19)24(30)13-15-28(16-14-24)22(17-5-11-20(26)12-6-17)23(29)27-21-3-1-2-4-21/h5-12,21-22,30H,1-4,13-16H2,(H,27,29). The number of carbonyl (C=O) groups excluding carboxylic acids is 1. The summed E-state index contributed by atoms with van der Waals surface area (Å²) in [6.07, 6.45) is 5.34. The Balaban J connectivity index is 1.51. The SMILES string of the molecule is O=C(NC1CCCC1)C(c1ccc(F)cc1)N1CCC(O)(c2ccc(Cl)cc2)CC1. The number of nitrogens with zero attached hydrogens (tertiary/aromatic N) is 1. The average Bonchev–Trinajstić information content (AvgIpc) is 3.24. The monoisotopic (exact) mass is 430 g/mol. The van der Waals surface area contributed by atoms with E-state index in [-0.39, 0.29) is 17.8 Å². The van der Waals surface area contributed by atoms with Crippen LogP contribution in [0.4, 0.5) is 4.39 Å². The Hall–Kier alpha value is -1.95. The van der Waals surface area contributed by atoms with Crippen molar-refractivity contribution in [2.24, 2.45) is 0 Å². The Morgan fingerprint density at radius 1 is 1.07 bits per heavy atom. The van der Waals surface area contributed by atoms with E-state index in [4.69, 9.17) is 11.6 Å². The minimum atomic E-state index is -0.934. The van der Waals surface area contributed by atoms with Gasteiger partial charge in [-0.15, -0.1) is 0 Å². The number of rotatable bonds is 5. The van der Waals surface area contributed by atoms with E-state index < -0.39 is 11.6 Å². The largest absolute Gasteiger partial charge is 0.385 e. The molecule has 0 aromatic heterocycles. The van der Waals surface area contributed by atoms with Crippen LogP contribution in [0.5, 0.6) is 0 Å². The Morgan fingerprint density at radius 3 is 2.27 bits per heavy atom. The van der Waals surface area contributed by atoms with Crippen LogP contribution >= 0.6 is 11.6 Å². The third kappa shape index (κ3) is 4.69. The first-order valence-electron chi connectivity index (χ1n) is 10.7. The van der Waals surface area contributed by atoms with Crippen LogP contribution in [0.2, 0.25) is 5.02 Å². The molecule has 1 amide bonds. The molecule has 0 bridgehead atoms. The predicted molar refractivity (Wildman–Crippen MR) is 116 cm³/mol. The third-order valence-electron chi connectivity index (χ3n) is 6.51. The third-order valence-corrected chi connectivity index (χ3v) is 6.76. The second-order valence-electron chi connectivity index (χ2n) is 8.52. The molecule has 1 unspecified atom stereocenters. The molecule has 1 atom stereocenters. The van der Waals surface area contributed by atoms with Crippen molar-refractivity contribution in [2.75, 3.05) is 13.1 Å². The Kier molecular flexibility index (Phi) is 6.42. The maximum Gasteiger partial charge on any atom is 0.242 e. The fourth-order valence-corrected chi connectivity index (χ4v) is 4.85. The van der Waals surface area contributed by atoms with E-state index in [1.165, 1.54) is 12.1 Å². The molecule has 4 nitrogen and oxygen atoms in total. The summed E-state index contributed by atoms with van der Waals surface area (Å²) in [5.74, 6) is -0.352.